The molecule has 1 N–H and O–H groups in total. The molecule has 3 rings (SSSR count). The van der Waals surface area contributed by atoms with Crippen LogP contribution < -0.4 is 15.0 Å². The minimum atomic E-state index is 0.183. The SMILES string of the molecule is CN1C(=O)CCc2ccc(OC3CCNC3)cc21. The summed E-state index contributed by atoms with van der Waals surface area (Å²) < 4.78 is 5.92. The van der Waals surface area contributed by atoms with Gasteiger partial charge in [0, 0.05) is 26.1 Å². The fraction of sp³-hybridized carbons (Fsp3) is 0.500. The summed E-state index contributed by atoms with van der Waals surface area (Å²) in [5, 5.41) is 3.28. The zero-order chi connectivity index (χ0) is 12.5. The van der Waals surface area contributed by atoms with Gasteiger partial charge in [0.1, 0.15) is 11.9 Å². The lowest BCUT2D eigenvalue weighted by Crippen LogP contribution is -2.31. The van der Waals surface area contributed by atoms with Gasteiger partial charge in [-0.05, 0) is 31.0 Å². The second kappa shape index (κ2) is 4.61. The third-order valence-electron chi connectivity index (χ3n) is 3.72. The number of nitrogens with zero attached hydrogens (tertiary/aromatic N) is 1. The van der Waals surface area contributed by atoms with Crippen LogP contribution in [0.15, 0.2) is 18.2 Å². The molecule has 1 aromatic rings. The van der Waals surface area contributed by atoms with Gasteiger partial charge >= 0.3 is 0 Å². The Morgan fingerprint density at radius 3 is 3.06 bits per heavy atom. The van der Waals surface area contributed by atoms with E-state index in [1.165, 1.54) is 5.56 Å². The molecular weight excluding hydrogens is 228 g/mol. The highest BCUT2D eigenvalue weighted by atomic mass is 16.5. The smallest absolute Gasteiger partial charge is 0.227 e. The van der Waals surface area contributed by atoms with Gasteiger partial charge in [-0.25, -0.2) is 0 Å². The standard InChI is InChI=1S/C14H18N2O2/c1-16-13-8-11(18-12-6-7-15-9-12)4-2-10(13)3-5-14(16)17/h2,4,8,12,15H,3,5-7,9H2,1H3. The number of fused-ring (bicyclic) bond motifs is 1. The maximum atomic E-state index is 11.7. The van der Waals surface area contributed by atoms with Gasteiger partial charge in [0.15, 0.2) is 0 Å². The minimum Gasteiger partial charge on any atom is -0.489 e. The maximum Gasteiger partial charge on any atom is 0.227 e. The van der Waals surface area contributed by atoms with Crippen LogP contribution in [0, 0.1) is 0 Å². The number of nitrogens with one attached hydrogen (secondary N) is 1. The summed E-state index contributed by atoms with van der Waals surface area (Å²) in [6.07, 6.45) is 2.75. The van der Waals surface area contributed by atoms with Gasteiger partial charge in [0.2, 0.25) is 5.91 Å². The Morgan fingerprint density at radius 1 is 1.39 bits per heavy atom. The van der Waals surface area contributed by atoms with E-state index in [0.29, 0.717) is 6.42 Å². The molecule has 18 heavy (non-hydrogen) atoms. The van der Waals surface area contributed by atoms with Gasteiger partial charge in [-0.15, -0.1) is 0 Å². The van der Waals surface area contributed by atoms with Crippen LogP contribution in [0.25, 0.3) is 0 Å². The molecule has 1 amide bonds. The molecule has 1 atom stereocenters. The van der Waals surface area contributed by atoms with Crippen LogP contribution in [0.4, 0.5) is 5.69 Å². The first-order chi connectivity index (χ1) is 8.74. The summed E-state index contributed by atoms with van der Waals surface area (Å²) in [5.41, 5.74) is 2.23. The van der Waals surface area contributed by atoms with Crippen LogP contribution in [-0.4, -0.2) is 32.1 Å². The molecule has 0 aliphatic carbocycles. The number of carbonyl (C=O) groups excluding carboxylic acids is 1. The van der Waals surface area contributed by atoms with Crippen LogP contribution in [0.2, 0.25) is 0 Å². The average molecular weight is 246 g/mol. The third-order valence-corrected chi connectivity index (χ3v) is 3.72. The molecule has 4 heteroatoms. The van der Waals surface area contributed by atoms with E-state index in [0.717, 1.165) is 37.4 Å². The molecule has 1 aromatic carbocycles. The molecule has 0 radical (unpaired) electrons. The van der Waals surface area contributed by atoms with Crippen molar-refractivity contribution in [1.82, 2.24) is 5.32 Å². The van der Waals surface area contributed by atoms with Crippen LogP contribution >= 0.6 is 0 Å². The van der Waals surface area contributed by atoms with Crippen molar-refractivity contribution in [3.8, 4) is 5.75 Å². The molecule has 1 unspecified atom stereocenters. The van der Waals surface area contributed by atoms with Crippen molar-refractivity contribution in [2.45, 2.75) is 25.4 Å². The molecule has 0 aromatic heterocycles. The minimum absolute atomic E-state index is 0.183. The predicted octanol–water partition coefficient (Wildman–Crippen LogP) is 1.34. The lowest BCUT2D eigenvalue weighted by Gasteiger charge is -2.26. The summed E-state index contributed by atoms with van der Waals surface area (Å²) in [7, 11) is 1.83. The average Bonchev–Trinajstić information content (AvgIpc) is 2.87. The largest absolute Gasteiger partial charge is 0.489 e. The van der Waals surface area contributed by atoms with Crippen molar-refractivity contribution < 1.29 is 9.53 Å². The summed E-state index contributed by atoms with van der Waals surface area (Å²) in [6.45, 7) is 1.93. The normalized spacial score (nSPS) is 23.1. The number of rotatable bonds is 2. The molecule has 96 valence electrons. The first-order valence-corrected chi connectivity index (χ1v) is 6.51. The zero-order valence-electron chi connectivity index (χ0n) is 10.6. The van der Waals surface area contributed by atoms with Crippen molar-refractivity contribution in [3.63, 3.8) is 0 Å². The van der Waals surface area contributed by atoms with E-state index in [1.807, 2.05) is 19.2 Å². The number of carbonyl (C=O) groups is 1. The van der Waals surface area contributed by atoms with Gasteiger partial charge in [-0.1, -0.05) is 6.07 Å². The first kappa shape index (κ1) is 11.5. The summed E-state index contributed by atoms with van der Waals surface area (Å²) >= 11 is 0. The molecule has 2 aliphatic heterocycles. The van der Waals surface area contributed by atoms with Gasteiger partial charge in [0.05, 0.1) is 5.69 Å². The number of ether oxygens (including phenoxy) is 1. The Hall–Kier alpha value is -1.55. The van der Waals surface area contributed by atoms with Gasteiger partial charge in [-0.3, -0.25) is 4.79 Å². The molecule has 2 heterocycles. The maximum absolute atomic E-state index is 11.7. The molecular formula is C14H18N2O2. The van der Waals surface area contributed by atoms with E-state index in [1.54, 1.807) is 4.90 Å². The van der Waals surface area contributed by atoms with Gasteiger partial charge in [-0.2, -0.15) is 0 Å². The van der Waals surface area contributed by atoms with Crippen molar-refractivity contribution in [1.29, 1.82) is 0 Å². The Bertz CT molecular complexity index is 467. The Labute approximate surface area is 107 Å². The van der Waals surface area contributed by atoms with E-state index in [2.05, 4.69) is 11.4 Å². The second-order valence-corrected chi connectivity index (χ2v) is 4.98. The van der Waals surface area contributed by atoms with Crippen LogP contribution in [0.3, 0.4) is 0 Å². The van der Waals surface area contributed by atoms with Crippen molar-refractivity contribution in [3.05, 3.63) is 23.8 Å². The monoisotopic (exact) mass is 246 g/mol. The summed E-state index contributed by atoms with van der Waals surface area (Å²) in [6, 6.07) is 6.08. The molecule has 0 bridgehead atoms. The lowest BCUT2D eigenvalue weighted by atomic mass is 10.0. The van der Waals surface area contributed by atoms with E-state index in [-0.39, 0.29) is 12.0 Å². The van der Waals surface area contributed by atoms with Gasteiger partial charge < -0.3 is 15.0 Å². The van der Waals surface area contributed by atoms with Crippen LogP contribution in [0.5, 0.6) is 5.75 Å². The fourth-order valence-electron chi connectivity index (χ4n) is 2.61. The number of aryl methyl sites for hydroxylation is 1. The van der Waals surface area contributed by atoms with E-state index < -0.39 is 0 Å². The number of hydrogen-bond donors (Lipinski definition) is 1. The molecule has 1 fully saturated rings. The highest BCUT2D eigenvalue weighted by Crippen LogP contribution is 2.31. The van der Waals surface area contributed by atoms with Gasteiger partial charge in [0.25, 0.3) is 0 Å². The number of anilines is 1. The predicted molar refractivity (Wildman–Crippen MR) is 70.1 cm³/mol. The van der Waals surface area contributed by atoms with Crippen LogP contribution in [0.1, 0.15) is 18.4 Å². The summed E-state index contributed by atoms with van der Waals surface area (Å²) in [5.74, 6) is 1.05. The summed E-state index contributed by atoms with van der Waals surface area (Å²) in [4.78, 5) is 13.4. The van der Waals surface area contributed by atoms with E-state index >= 15 is 0 Å². The molecule has 2 aliphatic rings. The topological polar surface area (TPSA) is 41.6 Å². The molecule has 1 saturated heterocycles. The molecule has 0 saturated carbocycles. The Morgan fingerprint density at radius 2 is 2.28 bits per heavy atom. The number of benzene rings is 1. The molecule has 0 spiro atoms. The van der Waals surface area contributed by atoms with E-state index in [9.17, 15) is 4.79 Å². The number of amides is 1. The van der Waals surface area contributed by atoms with E-state index in [4.69, 9.17) is 4.74 Å². The molecule has 4 nitrogen and oxygen atoms in total. The lowest BCUT2D eigenvalue weighted by molar-refractivity contribution is -0.118. The van der Waals surface area contributed by atoms with Crippen molar-refractivity contribution in [2.24, 2.45) is 0 Å². The van der Waals surface area contributed by atoms with Crippen LogP contribution in [-0.2, 0) is 11.2 Å². The zero-order valence-corrected chi connectivity index (χ0v) is 10.6. The van der Waals surface area contributed by atoms with Crippen molar-refractivity contribution >= 4 is 11.6 Å². The number of hydrogen-bond acceptors (Lipinski definition) is 3. The Kier molecular flexibility index (Phi) is 2.96. The first-order valence-electron chi connectivity index (χ1n) is 6.51. The van der Waals surface area contributed by atoms with Crippen molar-refractivity contribution in [2.75, 3.05) is 25.0 Å². The third kappa shape index (κ3) is 2.08. The fourth-order valence-corrected chi connectivity index (χ4v) is 2.61. The quantitative estimate of drug-likeness (QED) is 0.856. The Balaban J connectivity index is 1.82. The highest BCUT2D eigenvalue weighted by molar-refractivity contribution is 5.96. The second-order valence-electron chi connectivity index (χ2n) is 4.98. The highest BCUT2D eigenvalue weighted by Gasteiger charge is 2.22.